The maximum Gasteiger partial charge on any atom is 0.193 e. The Labute approximate surface area is 142 Å². The molecule has 23 heavy (non-hydrogen) atoms. The molecule has 4 rings (SSSR count). The molecule has 0 radical (unpaired) electrons. The lowest BCUT2D eigenvalue weighted by molar-refractivity contribution is -0.176. The van der Waals surface area contributed by atoms with Crippen LogP contribution < -0.4 is 0 Å². The van der Waals surface area contributed by atoms with E-state index in [2.05, 4.69) is 39.9 Å². The molecule has 4 aliphatic carbocycles. The third kappa shape index (κ3) is 1.99. The highest BCUT2D eigenvalue weighted by Gasteiger charge is 2.74. The van der Waals surface area contributed by atoms with Gasteiger partial charge in [-0.2, -0.15) is 0 Å². The summed E-state index contributed by atoms with van der Waals surface area (Å²) < 4.78 is 7.03. The smallest absolute Gasteiger partial charge is 0.193 e. The van der Waals surface area contributed by atoms with Gasteiger partial charge in [0, 0.05) is 6.42 Å². The van der Waals surface area contributed by atoms with Gasteiger partial charge in [-0.15, -0.1) is 0 Å². The van der Waals surface area contributed by atoms with Crippen molar-refractivity contribution in [3.8, 4) is 0 Å². The summed E-state index contributed by atoms with van der Waals surface area (Å²) in [6, 6.07) is 0. The monoisotopic (exact) mass is 332 g/mol. The van der Waals surface area contributed by atoms with Crippen molar-refractivity contribution < 1.29 is 9.22 Å². The summed E-state index contributed by atoms with van der Waals surface area (Å²) in [4.78, 5) is 12.9. The van der Waals surface area contributed by atoms with Gasteiger partial charge >= 0.3 is 0 Å². The van der Waals surface area contributed by atoms with E-state index in [0.29, 0.717) is 18.1 Å². The standard InChI is InChI=1S/C20H32O2Si/c1-18(2,3)23(4,5)22-19-12-15(14-9-10-14)16-8-6-7-11-20(16,19)17(21)13-19/h12,14,16H,6-11,13H2,1-5H3/t16-,19-,20-/m1/s1. The van der Waals surface area contributed by atoms with E-state index >= 15 is 0 Å². The summed E-state index contributed by atoms with van der Waals surface area (Å²) in [7, 11) is -1.88. The molecule has 4 aliphatic rings. The number of carbonyl (C=O) groups excluding carboxylic acids is 1. The van der Waals surface area contributed by atoms with E-state index in [4.69, 9.17) is 4.43 Å². The second-order valence-corrected chi connectivity index (χ2v) is 14.8. The van der Waals surface area contributed by atoms with Gasteiger partial charge in [0.15, 0.2) is 8.32 Å². The molecule has 0 unspecified atom stereocenters. The van der Waals surface area contributed by atoms with Crippen molar-refractivity contribution in [3.05, 3.63) is 11.6 Å². The highest BCUT2D eigenvalue weighted by molar-refractivity contribution is 6.74. The van der Waals surface area contributed by atoms with E-state index in [1.54, 1.807) is 5.57 Å². The molecule has 1 spiro atoms. The Balaban J connectivity index is 1.75. The summed E-state index contributed by atoms with van der Waals surface area (Å²) in [6.45, 7) is 11.6. The first-order valence-electron chi connectivity index (χ1n) is 9.59. The minimum absolute atomic E-state index is 0.168. The van der Waals surface area contributed by atoms with Crippen LogP contribution in [0.25, 0.3) is 0 Å². The molecule has 0 amide bonds. The first-order valence-corrected chi connectivity index (χ1v) is 12.5. The van der Waals surface area contributed by atoms with Crippen LogP contribution in [0.5, 0.6) is 0 Å². The van der Waals surface area contributed by atoms with E-state index in [-0.39, 0.29) is 16.1 Å². The molecule has 3 heteroatoms. The van der Waals surface area contributed by atoms with Gasteiger partial charge in [-0.1, -0.05) is 45.3 Å². The minimum atomic E-state index is -1.88. The van der Waals surface area contributed by atoms with E-state index in [1.165, 1.54) is 32.1 Å². The lowest BCUT2D eigenvalue weighted by atomic mass is 9.49. The summed E-state index contributed by atoms with van der Waals surface area (Å²) >= 11 is 0. The van der Waals surface area contributed by atoms with Gasteiger partial charge in [0.05, 0.1) is 11.0 Å². The Morgan fingerprint density at radius 3 is 2.43 bits per heavy atom. The molecule has 3 saturated carbocycles. The van der Waals surface area contributed by atoms with Crippen LogP contribution in [-0.4, -0.2) is 19.7 Å². The first-order chi connectivity index (χ1) is 10.6. The Kier molecular flexibility index (Phi) is 3.22. The number of rotatable bonds is 3. The predicted octanol–water partition coefficient (Wildman–Crippen LogP) is 5.25. The van der Waals surface area contributed by atoms with Gasteiger partial charge in [-0.05, 0) is 55.7 Å². The third-order valence-corrected chi connectivity index (χ3v) is 12.2. The van der Waals surface area contributed by atoms with Gasteiger partial charge < -0.3 is 4.43 Å². The fourth-order valence-corrected chi connectivity index (χ4v) is 6.81. The minimum Gasteiger partial charge on any atom is -0.406 e. The molecule has 3 atom stereocenters. The second kappa shape index (κ2) is 4.60. The zero-order valence-corrected chi connectivity index (χ0v) is 16.5. The van der Waals surface area contributed by atoms with Gasteiger partial charge in [-0.3, -0.25) is 4.79 Å². The zero-order chi connectivity index (χ0) is 16.7. The van der Waals surface area contributed by atoms with Crippen molar-refractivity contribution in [2.24, 2.45) is 17.3 Å². The van der Waals surface area contributed by atoms with Crippen molar-refractivity contribution in [3.63, 3.8) is 0 Å². The van der Waals surface area contributed by atoms with Gasteiger partial charge in [0.2, 0.25) is 0 Å². The van der Waals surface area contributed by atoms with Gasteiger partial charge in [-0.25, -0.2) is 0 Å². The van der Waals surface area contributed by atoms with Crippen LogP contribution in [0.4, 0.5) is 0 Å². The van der Waals surface area contributed by atoms with Gasteiger partial charge in [0.1, 0.15) is 5.78 Å². The summed E-state index contributed by atoms with van der Waals surface area (Å²) in [6.07, 6.45) is 10.6. The Morgan fingerprint density at radius 2 is 1.87 bits per heavy atom. The van der Waals surface area contributed by atoms with Crippen LogP contribution in [0.15, 0.2) is 11.6 Å². The van der Waals surface area contributed by atoms with Crippen LogP contribution in [0, 0.1) is 17.3 Å². The van der Waals surface area contributed by atoms with Crippen LogP contribution in [0.2, 0.25) is 18.1 Å². The number of hydrogen-bond acceptors (Lipinski definition) is 2. The van der Waals surface area contributed by atoms with Crippen LogP contribution in [0.3, 0.4) is 0 Å². The topological polar surface area (TPSA) is 26.3 Å². The largest absolute Gasteiger partial charge is 0.406 e. The molecule has 128 valence electrons. The number of hydrogen-bond donors (Lipinski definition) is 0. The van der Waals surface area contributed by atoms with Crippen molar-refractivity contribution in [2.75, 3.05) is 0 Å². The molecule has 0 heterocycles. The van der Waals surface area contributed by atoms with E-state index in [9.17, 15) is 4.79 Å². The normalized spacial score (nSPS) is 40.3. The summed E-state index contributed by atoms with van der Waals surface area (Å²) in [5, 5.41) is 0.196. The highest BCUT2D eigenvalue weighted by atomic mass is 28.4. The average molecular weight is 333 g/mol. The molecule has 2 nitrogen and oxygen atoms in total. The fourth-order valence-electron chi connectivity index (χ4n) is 5.28. The fraction of sp³-hybridized carbons (Fsp3) is 0.850. The summed E-state index contributed by atoms with van der Waals surface area (Å²) in [5.41, 5.74) is 1.21. The molecule has 0 aromatic heterocycles. The molecule has 0 saturated heterocycles. The number of allylic oxidation sites excluding steroid dienone is 1. The lowest BCUT2D eigenvalue weighted by Crippen LogP contribution is -2.69. The van der Waals surface area contributed by atoms with Crippen molar-refractivity contribution in [2.45, 2.75) is 89.5 Å². The maximum absolute atomic E-state index is 12.9. The Hall–Kier alpha value is -0.413. The third-order valence-electron chi connectivity index (χ3n) is 7.68. The lowest BCUT2D eigenvalue weighted by Gasteiger charge is -2.60. The molecular weight excluding hydrogens is 300 g/mol. The molecule has 0 aliphatic heterocycles. The SMILES string of the molecule is CC(C)(C)[Si](C)(C)O[C@@]12C=C(C3CC3)[C@H]3CCCC[C@]31C(=O)C2. The number of carbonyl (C=O) groups is 1. The Bertz CT molecular complexity index is 581. The van der Waals surface area contributed by atoms with Crippen LogP contribution >= 0.6 is 0 Å². The number of Topliss-reactive ketones (excluding diaryl/α,β-unsaturated/α-hetero) is 1. The maximum atomic E-state index is 12.9. The molecule has 0 bridgehead atoms. The van der Waals surface area contributed by atoms with Crippen LogP contribution in [-0.2, 0) is 9.22 Å². The quantitative estimate of drug-likeness (QED) is 0.521. The highest BCUT2D eigenvalue weighted by Crippen LogP contribution is 2.70. The average Bonchev–Trinajstić information content (AvgIpc) is 3.24. The molecule has 3 fully saturated rings. The van der Waals surface area contributed by atoms with Crippen molar-refractivity contribution in [1.82, 2.24) is 0 Å². The zero-order valence-electron chi connectivity index (χ0n) is 15.5. The molecule has 0 N–H and O–H groups in total. The van der Waals surface area contributed by atoms with E-state index in [1.807, 2.05) is 0 Å². The van der Waals surface area contributed by atoms with Crippen molar-refractivity contribution >= 4 is 14.1 Å². The summed E-state index contributed by atoms with van der Waals surface area (Å²) in [5.74, 6) is 1.79. The second-order valence-electron chi connectivity index (χ2n) is 10.0. The molecule has 0 aromatic rings. The van der Waals surface area contributed by atoms with E-state index < -0.39 is 8.32 Å². The van der Waals surface area contributed by atoms with E-state index in [0.717, 1.165) is 12.3 Å². The van der Waals surface area contributed by atoms with Crippen LogP contribution in [0.1, 0.15) is 65.7 Å². The molecular formula is C20H32O2Si. The molecule has 0 aromatic carbocycles. The Morgan fingerprint density at radius 1 is 1.17 bits per heavy atom. The first kappa shape index (κ1) is 16.1. The van der Waals surface area contributed by atoms with Gasteiger partial charge in [0.25, 0.3) is 0 Å². The van der Waals surface area contributed by atoms with Crippen molar-refractivity contribution in [1.29, 1.82) is 0 Å². The number of ketones is 1. The predicted molar refractivity (Wildman–Crippen MR) is 95.8 cm³/mol.